The lowest BCUT2D eigenvalue weighted by Gasteiger charge is -2.32. The van der Waals surface area contributed by atoms with Gasteiger partial charge in [0.25, 0.3) is 11.6 Å². The lowest BCUT2D eigenvalue weighted by molar-refractivity contribution is -0.385. The topological polar surface area (TPSA) is 117 Å². The van der Waals surface area contributed by atoms with Crippen molar-refractivity contribution in [2.45, 2.75) is 32.3 Å². The summed E-state index contributed by atoms with van der Waals surface area (Å²) in [6.07, 6.45) is 2.28. The molecule has 0 saturated carbocycles. The van der Waals surface area contributed by atoms with Gasteiger partial charge < -0.3 is 24.8 Å². The molecule has 0 spiro atoms. The van der Waals surface area contributed by atoms with Crippen molar-refractivity contribution in [3.63, 3.8) is 0 Å². The highest BCUT2D eigenvalue weighted by molar-refractivity contribution is 5.99. The first-order chi connectivity index (χ1) is 13.0. The van der Waals surface area contributed by atoms with Crippen molar-refractivity contribution in [1.82, 2.24) is 4.90 Å². The maximum absolute atomic E-state index is 12.9. The Labute approximate surface area is 158 Å². The Morgan fingerprint density at radius 2 is 2.04 bits per heavy atom. The van der Waals surface area contributed by atoms with E-state index in [1.54, 1.807) is 11.8 Å². The number of nitrogens with two attached hydrogens (primary N) is 1. The maximum Gasteiger partial charge on any atom is 0.286 e. The van der Waals surface area contributed by atoms with Gasteiger partial charge in [-0.3, -0.25) is 14.9 Å². The molecule has 1 amide bonds. The molecule has 0 unspecified atom stereocenters. The number of carbonyl (C=O) groups excluding carboxylic acids is 1. The average Bonchev–Trinajstić information content (AvgIpc) is 2.68. The van der Waals surface area contributed by atoms with Gasteiger partial charge in [0.15, 0.2) is 11.5 Å². The largest absolute Gasteiger partial charge is 0.493 e. The van der Waals surface area contributed by atoms with E-state index in [-0.39, 0.29) is 29.0 Å². The summed E-state index contributed by atoms with van der Waals surface area (Å²) in [5.41, 5.74) is 5.17. The molecular formula is C18H27N3O6. The van der Waals surface area contributed by atoms with E-state index < -0.39 is 4.92 Å². The first-order valence-electron chi connectivity index (χ1n) is 9.12. The number of hydrogen-bond donors (Lipinski definition) is 1. The monoisotopic (exact) mass is 381 g/mol. The molecule has 1 fully saturated rings. The minimum absolute atomic E-state index is 0.00625. The summed E-state index contributed by atoms with van der Waals surface area (Å²) in [5, 5.41) is 11.5. The second-order valence-corrected chi connectivity index (χ2v) is 6.21. The standard InChI is InChI=1S/C18H27N3O6/c1-3-26-17-11-14(15(21(23)24)12-16(17)25-2)18(22)20-8-5-13(6-9-20)27-10-4-7-19/h11-13H,3-10,19H2,1-2H3. The van der Waals surface area contributed by atoms with E-state index in [1.807, 2.05) is 0 Å². The fourth-order valence-corrected chi connectivity index (χ4v) is 3.03. The molecule has 0 atom stereocenters. The van der Waals surface area contributed by atoms with E-state index in [2.05, 4.69) is 0 Å². The molecule has 2 N–H and O–H groups in total. The average molecular weight is 381 g/mol. The number of hydrogen-bond acceptors (Lipinski definition) is 7. The number of benzene rings is 1. The van der Waals surface area contributed by atoms with E-state index >= 15 is 0 Å². The third-order valence-electron chi connectivity index (χ3n) is 4.44. The molecule has 2 rings (SSSR count). The number of rotatable bonds is 9. The van der Waals surface area contributed by atoms with Gasteiger partial charge >= 0.3 is 0 Å². The molecule has 0 aromatic heterocycles. The van der Waals surface area contributed by atoms with Crippen molar-refractivity contribution in [2.75, 3.05) is 40.0 Å². The van der Waals surface area contributed by atoms with Crippen molar-refractivity contribution in [1.29, 1.82) is 0 Å². The first kappa shape index (κ1) is 20.9. The van der Waals surface area contributed by atoms with Crippen LogP contribution < -0.4 is 15.2 Å². The van der Waals surface area contributed by atoms with Crippen LogP contribution in [0.3, 0.4) is 0 Å². The normalized spacial score (nSPS) is 14.9. The number of likely N-dealkylation sites (tertiary alicyclic amines) is 1. The van der Waals surface area contributed by atoms with Gasteiger partial charge in [-0.1, -0.05) is 0 Å². The molecule has 1 aromatic rings. The van der Waals surface area contributed by atoms with E-state index in [4.69, 9.17) is 19.9 Å². The Morgan fingerprint density at radius 3 is 2.59 bits per heavy atom. The van der Waals surface area contributed by atoms with Crippen LogP contribution in [0.4, 0.5) is 5.69 Å². The highest BCUT2D eigenvalue weighted by Crippen LogP contribution is 2.35. The molecule has 0 aliphatic carbocycles. The number of ether oxygens (including phenoxy) is 3. The quantitative estimate of drug-likeness (QED) is 0.395. The van der Waals surface area contributed by atoms with Crippen LogP contribution in [0, 0.1) is 10.1 Å². The van der Waals surface area contributed by atoms with Gasteiger partial charge in [-0.2, -0.15) is 0 Å². The van der Waals surface area contributed by atoms with Crippen molar-refractivity contribution in [2.24, 2.45) is 5.73 Å². The van der Waals surface area contributed by atoms with Gasteiger partial charge in [0.1, 0.15) is 5.56 Å². The van der Waals surface area contributed by atoms with Crippen LogP contribution in [0.2, 0.25) is 0 Å². The minimum atomic E-state index is -0.575. The molecule has 1 aliphatic rings. The summed E-state index contributed by atoms with van der Waals surface area (Å²) in [6.45, 7) is 4.31. The van der Waals surface area contributed by atoms with Crippen LogP contribution in [0.25, 0.3) is 0 Å². The van der Waals surface area contributed by atoms with Crippen molar-refractivity contribution >= 4 is 11.6 Å². The van der Waals surface area contributed by atoms with Crippen LogP contribution in [0.1, 0.15) is 36.5 Å². The lowest BCUT2D eigenvalue weighted by atomic mass is 10.0. The summed E-state index contributed by atoms with van der Waals surface area (Å²) in [7, 11) is 1.40. The molecule has 0 bridgehead atoms. The number of nitro groups is 1. The van der Waals surface area contributed by atoms with Gasteiger partial charge in [-0.05, 0) is 32.7 Å². The molecule has 9 nitrogen and oxygen atoms in total. The maximum atomic E-state index is 12.9. The number of nitro benzene ring substituents is 1. The molecule has 27 heavy (non-hydrogen) atoms. The third kappa shape index (κ3) is 5.30. The molecule has 9 heteroatoms. The summed E-state index contributed by atoms with van der Waals surface area (Å²) < 4.78 is 16.4. The van der Waals surface area contributed by atoms with Gasteiger partial charge in [-0.15, -0.1) is 0 Å². The fourth-order valence-electron chi connectivity index (χ4n) is 3.03. The summed E-state index contributed by atoms with van der Waals surface area (Å²) >= 11 is 0. The zero-order chi connectivity index (χ0) is 19.8. The number of methoxy groups -OCH3 is 1. The first-order valence-corrected chi connectivity index (χ1v) is 9.12. The van der Waals surface area contributed by atoms with Crippen LogP contribution in [0.5, 0.6) is 11.5 Å². The molecule has 1 aromatic carbocycles. The number of carbonyl (C=O) groups is 1. The summed E-state index contributed by atoms with van der Waals surface area (Å²) in [4.78, 5) is 25.4. The van der Waals surface area contributed by atoms with Gasteiger partial charge in [-0.25, -0.2) is 0 Å². The fraction of sp³-hybridized carbons (Fsp3) is 0.611. The van der Waals surface area contributed by atoms with Crippen molar-refractivity contribution in [3.8, 4) is 11.5 Å². The van der Waals surface area contributed by atoms with E-state index in [0.29, 0.717) is 51.4 Å². The number of amides is 1. The predicted molar refractivity (Wildman–Crippen MR) is 99.4 cm³/mol. The smallest absolute Gasteiger partial charge is 0.286 e. The SMILES string of the molecule is CCOc1cc(C(=O)N2CCC(OCCCN)CC2)c([N+](=O)[O-])cc1OC. The third-order valence-corrected chi connectivity index (χ3v) is 4.44. The highest BCUT2D eigenvalue weighted by atomic mass is 16.6. The van der Waals surface area contributed by atoms with E-state index in [9.17, 15) is 14.9 Å². The van der Waals surface area contributed by atoms with E-state index in [1.165, 1.54) is 19.2 Å². The van der Waals surface area contributed by atoms with Crippen molar-refractivity contribution in [3.05, 3.63) is 27.8 Å². The summed E-state index contributed by atoms with van der Waals surface area (Å²) in [5.74, 6) is 0.159. The Bertz CT molecular complexity index is 659. The zero-order valence-corrected chi connectivity index (χ0v) is 15.8. The molecule has 1 aliphatic heterocycles. The van der Waals surface area contributed by atoms with Gasteiger partial charge in [0.2, 0.25) is 0 Å². The lowest BCUT2D eigenvalue weighted by Crippen LogP contribution is -2.41. The van der Waals surface area contributed by atoms with Crippen LogP contribution in [-0.4, -0.2) is 61.8 Å². The van der Waals surface area contributed by atoms with E-state index in [0.717, 1.165) is 6.42 Å². The van der Waals surface area contributed by atoms with Gasteiger partial charge in [0.05, 0.1) is 30.8 Å². The van der Waals surface area contributed by atoms with Crippen LogP contribution in [-0.2, 0) is 4.74 Å². The second kappa shape index (κ2) is 10.1. The van der Waals surface area contributed by atoms with Crippen molar-refractivity contribution < 1.29 is 23.9 Å². The highest BCUT2D eigenvalue weighted by Gasteiger charge is 2.30. The van der Waals surface area contributed by atoms with Crippen LogP contribution in [0.15, 0.2) is 12.1 Å². The molecule has 1 saturated heterocycles. The number of piperidine rings is 1. The Balaban J connectivity index is 2.15. The molecular weight excluding hydrogens is 354 g/mol. The van der Waals surface area contributed by atoms with Crippen LogP contribution >= 0.6 is 0 Å². The predicted octanol–water partition coefficient (Wildman–Crippen LogP) is 1.97. The summed E-state index contributed by atoms with van der Waals surface area (Å²) in [6, 6.07) is 2.63. The molecule has 1 heterocycles. The number of nitrogens with zero attached hydrogens (tertiary/aromatic N) is 2. The second-order valence-electron chi connectivity index (χ2n) is 6.21. The Morgan fingerprint density at radius 1 is 1.33 bits per heavy atom. The Hall–Kier alpha value is -2.39. The molecule has 150 valence electrons. The molecule has 0 radical (unpaired) electrons. The van der Waals surface area contributed by atoms with Gasteiger partial charge in [0, 0.05) is 25.8 Å². The zero-order valence-electron chi connectivity index (χ0n) is 15.8. The Kier molecular flexibility index (Phi) is 7.81. The minimum Gasteiger partial charge on any atom is -0.493 e.